The van der Waals surface area contributed by atoms with Crippen molar-refractivity contribution in [3.05, 3.63) is 68.4 Å². The number of halogens is 2. The van der Waals surface area contributed by atoms with Crippen LogP contribution < -0.4 is 26.2 Å². The number of fused-ring (bicyclic) bond motifs is 1. The van der Waals surface area contributed by atoms with Crippen LogP contribution in [0.15, 0.2) is 47.3 Å². The molecule has 4 N–H and O–H groups in total. The van der Waals surface area contributed by atoms with Crippen LogP contribution in [0.4, 0.5) is 23.1 Å². The Balaban J connectivity index is 1.64. The van der Waals surface area contributed by atoms with E-state index in [0.29, 0.717) is 33.8 Å². The molecule has 0 fully saturated rings. The van der Waals surface area contributed by atoms with Crippen LogP contribution >= 0.6 is 23.2 Å². The molecule has 2 aromatic carbocycles. The van der Waals surface area contributed by atoms with Gasteiger partial charge in [0, 0.05) is 11.4 Å². The Hall–Kier alpha value is -3.56. The molecule has 0 radical (unpaired) electrons. The van der Waals surface area contributed by atoms with E-state index in [4.69, 9.17) is 27.9 Å². The van der Waals surface area contributed by atoms with Crippen LogP contribution in [0, 0.1) is 0 Å². The van der Waals surface area contributed by atoms with Crippen molar-refractivity contribution in [1.29, 1.82) is 0 Å². The third-order valence-corrected chi connectivity index (χ3v) is 5.44. The van der Waals surface area contributed by atoms with E-state index < -0.39 is 23.3 Å². The van der Waals surface area contributed by atoms with E-state index in [9.17, 15) is 14.4 Å². The molecule has 2 amide bonds. The van der Waals surface area contributed by atoms with Gasteiger partial charge in [-0.05, 0) is 37.3 Å². The van der Waals surface area contributed by atoms with E-state index >= 15 is 0 Å². The number of hydrogen-bond acceptors (Lipinski definition) is 6. The van der Waals surface area contributed by atoms with E-state index in [1.54, 1.807) is 36.4 Å². The van der Waals surface area contributed by atoms with Gasteiger partial charge in [0.2, 0.25) is 17.8 Å². The standard InChI is InChI=1S/C22H19Cl2N5O4/c1-2-33-16-6-4-3-5-15(16)25-20(31)12-10-17(30)27-19-18(12)21(32)29-22(28-19)26-14-8-7-11(23)9-13(14)24/h3-9,12H,2,10H2,1H3,(H,25,31)(H3,26,27,28,29,30,32)/t12-/m0/s1. The van der Waals surface area contributed by atoms with Crippen LogP contribution in [0.25, 0.3) is 0 Å². The summed E-state index contributed by atoms with van der Waals surface area (Å²) in [4.78, 5) is 45.2. The Morgan fingerprint density at radius 2 is 1.97 bits per heavy atom. The highest BCUT2D eigenvalue weighted by molar-refractivity contribution is 6.36. The van der Waals surface area contributed by atoms with Gasteiger partial charge in [-0.3, -0.25) is 19.4 Å². The molecule has 0 aliphatic carbocycles. The zero-order chi connectivity index (χ0) is 23.5. The van der Waals surface area contributed by atoms with Crippen LogP contribution in [-0.2, 0) is 9.59 Å². The van der Waals surface area contributed by atoms with Gasteiger partial charge in [0.25, 0.3) is 5.56 Å². The van der Waals surface area contributed by atoms with Crippen molar-refractivity contribution in [2.45, 2.75) is 19.3 Å². The summed E-state index contributed by atoms with van der Waals surface area (Å²) < 4.78 is 5.53. The first-order valence-electron chi connectivity index (χ1n) is 10.0. The van der Waals surface area contributed by atoms with E-state index in [2.05, 4.69) is 25.9 Å². The summed E-state index contributed by atoms with van der Waals surface area (Å²) in [6, 6.07) is 11.7. The van der Waals surface area contributed by atoms with Crippen LogP contribution in [0.3, 0.4) is 0 Å². The Morgan fingerprint density at radius 3 is 2.73 bits per heavy atom. The lowest BCUT2D eigenvalue weighted by atomic mass is 9.92. The molecule has 4 rings (SSSR count). The zero-order valence-electron chi connectivity index (χ0n) is 17.4. The van der Waals surface area contributed by atoms with Gasteiger partial charge in [-0.15, -0.1) is 0 Å². The van der Waals surface area contributed by atoms with Gasteiger partial charge in [0.05, 0.1) is 34.5 Å². The first-order valence-corrected chi connectivity index (χ1v) is 10.8. The fourth-order valence-electron chi connectivity index (χ4n) is 3.44. The van der Waals surface area contributed by atoms with Gasteiger partial charge in [-0.2, -0.15) is 4.98 Å². The average molecular weight is 488 g/mol. The zero-order valence-corrected chi connectivity index (χ0v) is 18.9. The molecule has 0 bridgehead atoms. The van der Waals surface area contributed by atoms with Crippen LogP contribution in [0.2, 0.25) is 10.0 Å². The number of nitrogens with one attached hydrogen (secondary N) is 4. The molecule has 1 aliphatic heterocycles. The Bertz CT molecular complexity index is 1290. The summed E-state index contributed by atoms with van der Waals surface area (Å²) >= 11 is 12.1. The van der Waals surface area contributed by atoms with Crippen LogP contribution in [-0.4, -0.2) is 28.4 Å². The third kappa shape index (κ3) is 4.94. The molecular weight excluding hydrogens is 469 g/mol. The van der Waals surface area contributed by atoms with Crippen LogP contribution in [0.1, 0.15) is 24.8 Å². The maximum atomic E-state index is 13.1. The maximum absolute atomic E-state index is 13.1. The minimum Gasteiger partial charge on any atom is -0.492 e. The van der Waals surface area contributed by atoms with E-state index in [-0.39, 0.29) is 23.8 Å². The second kappa shape index (κ2) is 9.51. The van der Waals surface area contributed by atoms with Crippen molar-refractivity contribution in [3.8, 4) is 5.75 Å². The minimum absolute atomic E-state index is 0.000768. The molecule has 1 atom stereocenters. The van der Waals surface area contributed by atoms with Crippen molar-refractivity contribution in [1.82, 2.24) is 9.97 Å². The number of carbonyl (C=O) groups is 2. The molecule has 3 aromatic rings. The van der Waals surface area contributed by atoms with Gasteiger partial charge >= 0.3 is 0 Å². The highest BCUT2D eigenvalue weighted by Crippen LogP contribution is 2.33. The second-order valence-electron chi connectivity index (χ2n) is 7.15. The fourth-order valence-corrected chi connectivity index (χ4v) is 3.90. The number of para-hydroxylation sites is 2. The van der Waals surface area contributed by atoms with Gasteiger partial charge in [-0.1, -0.05) is 35.3 Å². The summed E-state index contributed by atoms with van der Waals surface area (Å²) in [5.41, 5.74) is 0.393. The SMILES string of the molecule is CCOc1ccccc1NC(=O)[C@H]1CC(=O)Nc2nc(Nc3ccc(Cl)cc3Cl)[nH]c(=O)c21. The van der Waals surface area contributed by atoms with Crippen molar-refractivity contribution in [2.24, 2.45) is 0 Å². The van der Waals surface area contributed by atoms with Gasteiger partial charge in [0.1, 0.15) is 11.6 Å². The topological polar surface area (TPSA) is 125 Å². The lowest BCUT2D eigenvalue weighted by Gasteiger charge is -2.24. The number of aromatic amines is 1. The quantitative estimate of drug-likeness (QED) is 0.411. The van der Waals surface area contributed by atoms with Crippen molar-refractivity contribution < 1.29 is 14.3 Å². The fraction of sp³-hybridized carbons (Fsp3) is 0.182. The lowest BCUT2D eigenvalue weighted by Crippen LogP contribution is -2.36. The summed E-state index contributed by atoms with van der Waals surface area (Å²) in [5.74, 6) is -1.46. The summed E-state index contributed by atoms with van der Waals surface area (Å²) in [7, 11) is 0. The third-order valence-electron chi connectivity index (χ3n) is 4.90. The molecule has 2 heterocycles. The van der Waals surface area contributed by atoms with Crippen molar-refractivity contribution in [3.63, 3.8) is 0 Å². The number of nitrogens with zero attached hydrogens (tertiary/aromatic N) is 1. The van der Waals surface area contributed by atoms with Gasteiger partial charge in [0.15, 0.2) is 0 Å². The van der Waals surface area contributed by atoms with Crippen LogP contribution in [0.5, 0.6) is 5.75 Å². The second-order valence-corrected chi connectivity index (χ2v) is 7.99. The molecule has 0 saturated carbocycles. The molecule has 33 heavy (non-hydrogen) atoms. The summed E-state index contributed by atoms with van der Waals surface area (Å²) in [6.07, 6.45) is -0.198. The molecule has 1 aliphatic rings. The number of rotatable bonds is 6. The number of benzene rings is 2. The lowest BCUT2D eigenvalue weighted by molar-refractivity contribution is -0.123. The highest BCUT2D eigenvalue weighted by Gasteiger charge is 2.35. The number of carbonyl (C=O) groups excluding carboxylic acids is 2. The molecular formula is C22H19Cl2N5O4. The minimum atomic E-state index is -1.03. The first-order chi connectivity index (χ1) is 15.9. The van der Waals surface area contributed by atoms with Crippen molar-refractivity contribution >= 4 is 58.2 Å². The van der Waals surface area contributed by atoms with Gasteiger partial charge < -0.3 is 20.7 Å². The van der Waals surface area contributed by atoms with E-state index in [1.807, 2.05) is 6.92 Å². The van der Waals surface area contributed by atoms with Crippen molar-refractivity contribution in [2.75, 3.05) is 22.6 Å². The maximum Gasteiger partial charge on any atom is 0.258 e. The molecule has 0 spiro atoms. The Labute approximate surface area is 198 Å². The number of anilines is 4. The average Bonchev–Trinajstić information content (AvgIpc) is 2.76. The van der Waals surface area contributed by atoms with E-state index in [1.165, 1.54) is 6.07 Å². The summed E-state index contributed by atoms with van der Waals surface area (Å²) in [5, 5.41) is 8.96. The summed E-state index contributed by atoms with van der Waals surface area (Å²) in [6.45, 7) is 2.24. The molecule has 9 nitrogen and oxygen atoms in total. The van der Waals surface area contributed by atoms with E-state index in [0.717, 1.165) is 0 Å². The first kappa shape index (κ1) is 22.6. The number of amides is 2. The number of H-pyrrole nitrogens is 1. The predicted octanol–water partition coefficient (Wildman–Crippen LogP) is 4.28. The smallest absolute Gasteiger partial charge is 0.258 e. The Morgan fingerprint density at radius 1 is 1.18 bits per heavy atom. The molecule has 11 heteroatoms. The largest absolute Gasteiger partial charge is 0.492 e. The predicted molar refractivity (Wildman–Crippen MR) is 127 cm³/mol. The highest BCUT2D eigenvalue weighted by atomic mass is 35.5. The number of ether oxygens (including phenoxy) is 1. The molecule has 0 saturated heterocycles. The molecule has 170 valence electrons. The normalized spacial score (nSPS) is 14.8. The monoisotopic (exact) mass is 487 g/mol. The molecule has 1 aromatic heterocycles. The Kier molecular flexibility index (Phi) is 6.52. The number of aromatic nitrogens is 2. The number of hydrogen-bond donors (Lipinski definition) is 4. The van der Waals surface area contributed by atoms with Gasteiger partial charge in [-0.25, -0.2) is 0 Å². The molecule has 0 unspecified atom stereocenters.